The lowest BCUT2D eigenvalue weighted by molar-refractivity contribution is -0.116. The SMILES string of the molecule is CC(=O)N(c1ccccc1F)c1onc(-c2cc(C)cc(C)c2)c1-c1ccncn1. The summed E-state index contributed by atoms with van der Waals surface area (Å²) in [5.74, 6) is -0.871. The fraction of sp³-hybridized carbons (Fsp3) is 0.130. The third-order valence-corrected chi connectivity index (χ3v) is 4.62. The van der Waals surface area contributed by atoms with Gasteiger partial charge in [-0.2, -0.15) is 0 Å². The molecule has 0 N–H and O–H groups in total. The Morgan fingerprint density at radius 2 is 1.80 bits per heavy atom. The summed E-state index contributed by atoms with van der Waals surface area (Å²) in [7, 11) is 0. The van der Waals surface area contributed by atoms with Crippen LogP contribution in [0.15, 0.2) is 65.6 Å². The van der Waals surface area contributed by atoms with Gasteiger partial charge in [0.2, 0.25) is 11.8 Å². The quantitative estimate of drug-likeness (QED) is 0.467. The van der Waals surface area contributed by atoms with Gasteiger partial charge in [-0.3, -0.25) is 4.79 Å². The summed E-state index contributed by atoms with van der Waals surface area (Å²) in [6.07, 6.45) is 2.99. The van der Waals surface area contributed by atoms with Gasteiger partial charge in [0, 0.05) is 18.7 Å². The molecule has 2 aromatic carbocycles. The van der Waals surface area contributed by atoms with E-state index in [0.29, 0.717) is 17.0 Å². The minimum absolute atomic E-state index is 0.0726. The number of aryl methyl sites for hydroxylation is 2. The lowest BCUT2D eigenvalue weighted by atomic mass is 10.0. The molecule has 0 saturated carbocycles. The van der Waals surface area contributed by atoms with Crippen LogP contribution >= 0.6 is 0 Å². The predicted octanol–water partition coefficient (Wildman–Crippen LogP) is 5.24. The van der Waals surface area contributed by atoms with E-state index in [1.807, 2.05) is 26.0 Å². The van der Waals surface area contributed by atoms with Gasteiger partial charge in [0.1, 0.15) is 17.8 Å². The number of anilines is 2. The molecule has 0 aliphatic heterocycles. The number of para-hydroxylation sites is 1. The molecule has 30 heavy (non-hydrogen) atoms. The van der Waals surface area contributed by atoms with Crippen molar-refractivity contribution >= 4 is 17.5 Å². The van der Waals surface area contributed by atoms with Crippen molar-refractivity contribution < 1.29 is 13.7 Å². The summed E-state index contributed by atoms with van der Waals surface area (Å²) in [5, 5.41) is 4.25. The maximum Gasteiger partial charge on any atom is 0.248 e. The van der Waals surface area contributed by atoms with E-state index in [1.54, 1.807) is 24.4 Å². The molecule has 0 bridgehead atoms. The number of hydrogen-bond donors (Lipinski definition) is 0. The largest absolute Gasteiger partial charge is 0.336 e. The second-order valence-corrected chi connectivity index (χ2v) is 6.99. The summed E-state index contributed by atoms with van der Waals surface area (Å²) >= 11 is 0. The molecular weight excluding hydrogens is 383 g/mol. The van der Waals surface area contributed by atoms with Crippen LogP contribution in [0.3, 0.4) is 0 Å². The first-order valence-electron chi connectivity index (χ1n) is 9.35. The Kier molecular flexibility index (Phi) is 5.10. The van der Waals surface area contributed by atoms with E-state index in [0.717, 1.165) is 16.7 Å². The van der Waals surface area contributed by atoms with Crippen LogP contribution in [0.2, 0.25) is 0 Å². The van der Waals surface area contributed by atoms with Crippen molar-refractivity contribution in [2.24, 2.45) is 0 Å². The molecule has 2 heterocycles. The fourth-order valence-electron chi connectivity index (χ4n) is 3.47. The van der Waals surface area contributed by atoms with E-state index in [9.17, 15) is 9.18 Å². The fourth-order valence-corrected chi connectivity index (χ4v) is 3.47. The molecule has 0 aliphatic rings. The lowest BCUT2D eigenvalue weighted by Crippen LogP contribution is -2.24. The highest BCUT2D eigenvalue weighted by Gasteiger charge is 2.29. The highest BCUT2D eigenvalue weighted by atomic mass is 19.1. The Morgan fingerprint density at radius 3 is 2.43 bits per heavy atom. The Balaban J connectivity index is 2.00. The molecule has 150 valence electrons. The average molecular weight is 402 g/mol. The molecule has 0 spiro atoms. The molecule has 2 aromatic heterocycles. The van der Waals surface area contributed by atoms with Crippen molar-refractivity contribution in [2.45, 2.75) is 20.8 Å². The van der Waals surface area contributed by atoms with Gasteiger partial charge in [-0.15, -0.1) is 0 Å². The monoisotopic (exact) mass is 402 g/mol. The normalized spacial score (nSPS) is 10.8. The van der Waals surface area contributed by atoms with Crippen LogP contribution < -0.4 is 4.90 Å². The first-order valence-corrected chi connectivity index (χ1v) is 9.35. The maximum atomic E-state index is 14.6. The molecular formula is C23H19FN4O2. The number of halogens is 1. The molecule has 1 amide bonds. The third-order valence-electron chi connectivity index (χ3n) is 4.62. The van der Waals surface area contributed by atoms with E-state index >= 15 is 0 Å². The highest BCUT2D eigenvalue weighted by Crippen LogP contribution is 2.42. The Morgan fingerprint density at radius 1 is 1.07 bits per heavy atom. The van der Waals surface area contributed by atoms with Crippen LogP contribution in [0.25, 0.3) is 22.5 Å². The smallest absolute Gasteiger partial charge is 0.248 e. The average Bonchev–Trinajstić information content (AvgIpc) is 3.14. The van der Waals surface area contributed by atoms with Crippen LogP contribution in [0.4, 0.5) is 16.0 Å². The number of carbonyl (C=O) groups is 1. The van der Waals surface area contributed by atoms with E-state index in [4.69, 9.17) is 4.52 Å². The molecule has 0 aliphatic carbocycles. The standard InChI is InChI=1S/C23H19FN4O2/c1-14-10-15(2)12-17(11-14)22-21(19-8-9-25-13-26-19)23(30-27-22)28(16(3)29)20-7-5-4-6-18(20)24/h4-13H,1-3H3. The number of nitrogens with zero attached hydrogens (tertiary/aromatic N) is 4. The highest BCUT2D eigenvalue weighted by molar-refractivity contribution is 6.03. The second kappa shape index (κ2) is 7.87. The van der Waals surface area contributed by atoms with Crippen molar-refractivity contribution in [3.8, 4) is 22.5 Å². The van der Waals surface area contributed by atoms with Gasteiger partial charge in [-0.25, -0.2) is 19.3 Å². The zero-order valence-electron chi connectivity index (χ0n) is 16.8. The molecule has 6 nitrogen and oxygen atoms in total. The van der Waals surface area contributed by atoms with Crippen molar-refractivity contribution in [1.29, 1.82) is 0 Å². The van der Waals surface area contributed by atoms with Gasteiger partial charge in [0.05, 0.1) is 16.9 Å². The number of rotatable bonds is 4. The summed E-state index contributed by atoms with van der Waals surface area (Å²) in [5.41, 5.74) is 4.51. The molecule has 4 rings (SSSR count). The van der Waals surface area contributed by atoms with E-state index in [-0.39, 0.29) is 11.6 Å². The van der Waals surface area contributed by atoms with Gasteiger partial charge in [0.25, 0.3) is 0 Å². The number of aromatic nitrogens is 3. The summed E-state index contributed by atoms with van der Waals surface area (Å²) < 4.78 is 20.2. The lowest BCUT2D eigenvalue weighted by Gasteiger charge is -2.19. The minimum atomic E-state index is -0.550. The zero-order valence-corrected chi connectivity index (χ0v) is 16.8. The molecule has 0 unspecified atom stereocenters. The van der Waals surface area contributed by atoms with Crippen LogP contribution in [0.1, 0.15) is 18.1 Å². The van der Waals surface area contributed by atoms with Gasteiger partial charge >= 0.3 is 0 Å². The first-order chi connectivity index (χ1) is 14.5. The summed E-state index contributed by atoms with van der Waals surface area (Å²) in [6, 6.07) is 13.7. The molecule has 7 heteroatoms. The first kappa shape index (κ1) is 19.4. The van der Waals surface area contributed by atoms with Crippen molar-refractivity contribution in [3.63, 3.8) is 0 Å². The molecule has 0 atom stereocenters. The van der Waals surface area contributed by atoms with Crippen molar-refractivity contribution in [3.05, 3.63) is 78.0 Å². The Hall–Kier alpha value is -3.87. The van der Waals surface area contributed by atoms with Gasteiger partial charge in [0.15, 0.2) is 0 Å². The third kappa shape index (κ3) is 3.57. The Labute approximate surface area is 173 Å². The Bertz CT molecular complexity index is 1200. The van der Waals surface area contributed by atoms with Crippen molar-refractivity contribution in [2.75, 3.05) is 4.90 Å². The van der Waals surface area contributed by atoms with E-state index < -0.39 is 11.7 Å². The number of hydrogen-bond acceptors (Lipinski definition) is 5. The van der Waals surface area contributed by atoms with Crippen LogP contribution in [-0.4, -0.2) is 21.0 Å². The van der Waals surface area contributed by atoms with Crippen LogP contribution in [-0.2, 0) is 4.79 Å². The molecule has 0 radical (unpaired) electrons. The molecule has 4 aromatic rings. The summed E-state index contributed by atoms with van der Waals surface area (Å²) in [4.78, 5) is 22.0. The van der Waals surface area contributed by atoms with Gasteiger partial charge in [-0.05, 0) is 44.2 Å². The van der Waals surface area contributed by atoms with Crippen molar-refractivity contribution in [1.82, 2.24) is 15.1 Å². The zero-order chi connectivity index (χ0) is 21.3. The number of benzene rings is 2. The number of amides is 1. The van der Waals surface area contributed by atoms with Gasteiger partial charge < -0.3 is 4.52 Å². The van der Waals surface area contributed by atoms with Gasteiger partial charge in [-0.1, -0.05) is 34.5 Å². The number of carbonyl (C=O) groups excluding carboxylic acids is 1. The molecule has 0 fully saturated rings. The minimum Gasteiger partial charge on any atom is -0.336 e. The second-order valence-electron chi connectivity index (χ2n) is 6.99. The maximum absolute atomic E-state index is 14.6. The van der Waals surface area contributed by atoms with E-state index in [2.05, 4.69) is 21.2 Å². The summed E-state index contributed by atoms with van der Waals surface area (Å²) in [6.45, 7) is 5.32. The van der Waals surface area contributed by atoms with Crippen LogP contribution in [0, 0.1) is 19.7 Å². The topological polar surface area (TPSA) is 72.1 Å². The van der Waals surface area contributed by atoms with E-state index in [1.165, 1.54) is 30.3 Å². The van der Waals surface area contributed by atoms with Crippen LogP contribution in [0.5, 0.6) is 0 Å². The molecule has 0 saturated heterocycles. The predicted molar refractivity (Wildman–Crippen MR) is 112 cm³/mol.